The molecule has 0 aromatic heterocycles. The van der Waals surface area contributed by atoms with Crippen LogP contribution in [0.3, 0.4) is 0 Å². The van der Waals surface area contributed by atoms with Gasteiger partial charge >= 0.3 is 0 Å². The van der Waals surface area contributed by atoms with Gasteiger partial charge in [0.15, 0.2) is 0 Å². The summed E-state index contributed by atoms with van der Waals surface area (Å²) >= 11 is 0. The minimum atomic E-state index is 0.396. The van der Waals surface area contributed by atoms with Gasteiger partial charge in [-0.25, -0.2) is 0 Å². The van der Waals surface area contributed by atoms with Gasteiger partial charge < -0.3 is 10.1 Å². The molecule has 3 nitrogen and oxygen atoms in total. The SMILES string of the molecule is C[C@@H]1CN(CC2CCCCCCN2)C[C@H](C)O1. The van der Waals surface area contributed by atoms with Crippen LogP contribution in [0.1, 0.15) is 46.0 Å². The highest BCUT2D eigenvalue weighted by Gasteiger charge is 2.24. The quantitative estimate of drug-likeness (QED) is 0.799. The zero-order chi connectivity index (χ0) is 12.1. The van der Waals surface area contributed by atoms with Crippen molar-refractivity contribution in [2.24, 2.45) is 0 Å². The van der Waals surface area contributed by atoms with E-state index in [0.717, 1.165) is 13.1 Å². The monoisotopic (exact) mass is 240 g/mol. The molecular formula is C14H28N2O. The predicted octanol–water partition coefficient (Wildman–Crippen LogP) is 2.02. The topological polar surface area (TPSA) is 24.5 Å². The Bertz CT molecular complexity index is 204. The molecule has 100 valence electrons. The maximum absolute atomic E-state index is 5.79. The van der Waals surface area contributed by atoms with Crippen molar-refractivity contribution < 1.29 is 4.74 Å². The summed E-state index contributed by atoms with van der Waals surface area (Å²) in [7, 11) is 0. The van der Waals surface area contributed by atoms with Crippen LogP contribution in [-0.4, -0.2) is 49.3 Å². The molecule has 2 heterocycles. The maximum Gasteiger partial charge on any atom is 0.0678 e. The Morgan fingerprint density at radius 1 is 1.06 bits per heavy atom. The molecule has 1 unspecified atom stereocenters. The molecule has 0 saturated carbocycles. The number of hydrogen-bond donors (Lipinski definition) is 1. The van der Waals surface area contributed by atoms with Crippen LogP contribution in [0.15, 0.2) is 0 Å². The van der Waals surface area contributed by atoms with Crippen molar-refractivity contribution in [1.82, 2.24) is 10.2 Å². The number of morpholine rings is 1. The second-order valence-electron chi connectivity index (χ2n) is 5.83. The second-order valence-corrected chi connectivity index (χ2v) is 5.83. The van der Waals surface area contributed by atoms with Gasteiger partial charge in [-0.1, -0.05) is 19.3 Å². The van der Waals surface area contributed by atoms with Gasteiger partial charge in [-0.3, -0.25) is 4.90 Å². The summed E-state index contributed by atoms with van der Waals surface area (Å²) in [5.41, 5.74) is 0. The zero-order valence-electron chi connectivity index (χ0n) is 11.5. The second kappa shape index (κ2) is 6.72. The highest BCUT2D eigenvalue weighted by Crippen LogP contribution is 2.14. The first-order valence-corrected chi connectivity index (χ1v) is 7.35. The number of ether oxygens (including phenoxy) is 1. The molecule has 2 aliphatic heterocycles. The van der Waals surface area contributed by atoms with Crippen LogP contribution in [0, 0.1) is 0 Å². The van der Waals surface area contributed by atoms with Gasteiger partial charge in [-0.15, -0.1) is 0 Å². The smallest absolute Gasteiger partial charge is 0.0678 e. The van der Waals surface area contributed by atoms with E-state index in [4.69, 9.17) is 4.74 Å². The Labute approximate surface area is 106 Å². The van der Waals surface area contributed by atoms with E-state index in [1.807, 2.05) is 0 Å². The first-order chi connectivity index (χ1) is 8.24. The van der Waals surface area contributed by atoms with Crippen LogP contribution in [0.5, 0.6) is 0 Å². The maximum atomic E-state index is 5.79. The van der Waals surface area contributed by atoms with E-state index in [1.54, 1.807) is 0 Å². The molecule has 2 saturated heterocycles. The molecule has 0 aliphatic carbocycles. The van der Waals surface area contributed by atoms with Gasteiger partial charge in [0.1, 0.15) is 0 Å². The average Bonchev–Trinajstić information content (AvgIpc) is 2.20. The van der Waals surface area contributed by atoms with Crippen molar-refractivity contribution in [1.29, 1.82) is 0 Å². The molecule has 0 amide bonds. The lowest BCUT2D eigenvalue weighted by Crippen LogP contribution is -2.50. The zero-order valence-corrected chi connectivity index (χ0v) is 11.5. The lowest BCUT2D eigenvalue weighted by Gasteiger charge is -2.37. The lowest BCUT2D eigenvalue weighted by molar-refractivity contribution is -0.0701. The van der Waals surface area contributed by atoms with E-state index >= 15 is 0 Å². The summed E-state index contributed by atoms with van der Waals surface area (Å²) in [6.45, 7) is 8.99. The highest BCUT2D eigenvalue weighted by molar-refractivity contribution is 4.79. The molecule has 17 heavy (non-hydrogen) atoms. The Hall–Kier alpha value is -0.120. The highest BCUT2D eigenvalue weighted by atomic mass is 16.5. The summed E-state index contributed by atoms with van der Waals surface area (Å²) in [4.78, 5) is 2.58. The third-order valence-corrected chi connectivity index (χ3v) is 3.89. The Morgan fingerprint density at radius 2 is 1.76 bits per heavy atom. The minimum absolute atomic E-state index is 0.396. The van der Waals surface area contributed by atoms with Gasteiger partial charge in [-0.2, -0.15) is 0 Å². The molecule has 2 fully saturated rings. The normalized spacial score (nSPS) is 37.4. The van der Waals surface area contributed by atoms with Gasteiger partial charge in [0.05, 0.1) is 12.2 Å². The molecule has 0 aromatic rings. The van der Waals surface area contributed by atoms with Gasteiger partial charge in [0.2, 0.25) is 0 Å². The first-order valence-electron chi connectivity index (χ1n) is 7.35. The van der Waals surface area contributed by atoms with E-state index in [1.165, 1.54) is 45.2 Å². The van der Waals surface area contributed by atoms with Crippen LogP contribution < -0.4 is 5.32 Å². The molecule has 0 aromatic carbocycles. The predicted molar refractivity (Wildman–Crippen MR) is 71.3 cm³/mol. The van der Waals surface area contributed by atoms with Crippen LogP contribution in [0.2, 0.25) is 0 Å². The molecule has 2 rings (SSSR count). The fourth-order valence-corrected chi connectivity index (χ4v) is 3.18. The third kappa shape index (κ3) is 4.57. The lowest BCUT2D eigenvalue weighted by atomic mass is 10.0. The Balaban J connectivity index is 1.77. The van der Waals surface area contributed by atoms with Crippen LogP contribution in [0.25, 0.3) is 0 Å². The molecule has 2 aliphatic rings. The van der Waals surface area contributed by atoms with E-state index in [-0.39, 0.29) is 0 Å². The summed E-state index contributed by atoms with van der Waals surface area (Å²) in [6, 6.07) is 0.702. The first kappa shape index (κ1) is 13.3. The molecule has 0 radical (unpaired) electrons. The molecular weight excluding hydrogens is 212 g/mol. The Morgan fingerprint density at radius 3 is 2.53 bits per heavy atom. The fourth-order valence-electron chi connectivity index (χ4n) is 3.18. The van der Waals surface area contributed by atoms with Gasteiger partial charge in [0.25, 0.3) is 0 Å². The van der Waals surface area contributed by atoms with Crippen LogP contribution in [0.4, 0.5) is 0 Å². The number of nitrogens with zero attached hydrogens (tertiary/aromatic N) is 1. The van der Waals surface area contributed by atoms with E-state index in [2.05, 4.69) is 24.1 Å². The molecule has 3 heteroatoms. The number of nitrogens with one attached hydrogen (secondary N) is 1. The van der Waals surface area contributed by atoms with Crippen LogP contribution in [-0.2, 0) is 4.74 Å². The molecule has 3 atom stereocenters. The average molecular weight is 240 g/mol. The number of rotatable bonds is 2. The van der Waals surface area contributed by atoms with Crippen molar-refractivity contribution in [2.75, 3.05) is 26.2 Å². The Kier molecular flexibility index (Phi) is 5.26. The summed E-state index contributed by atoms with van der Waals surface area (Å²) in [5.74, 6) is 0. The van der Waals surface area contributed by atoms with Crippen molar-refractivity contribution in [3.8, 4) is 0 Å². The van der Waals surface area contributed by atoms with Crippen molar-refractivity contribution in [3.05, 3.63) is 0 Å². The van der Waals surface area contributed by atoms with Crippen molar-refractivity contribution >= 4 is 0 Å². The standard InChI is InChI=1S/C14H28N2O/c1-12-9-16(10-13(2)17-12)11-14-7-5-3-4-6-8-15-14/h12-15H,3-11H2,1-2H3/t12-,13+,14?. The molecule has 1 N–H and O–H groups in total. The van der Waals surface area contributed by atoms with Gasteiger partial charge in [0, 0.05) is 25.7 Å². The fraction of sp³-hybridized carbons (Fsp3) is 1.00. The number of hydrogen-bond acceptors (Lipinski definition) is 3. The molecule has 0 spiro atoms. The third-order valence-electron chi connectivity index (χ3n) is 3.89. The van der Waals surface area contributed by atoms with Crippen molar-refractivity contribution in [2.45, 2.75) is 64.2 Å². The minimum Gasteiger partial charge on any atom is -0.373 e. The van der Waals surface area contributed by atoms with E-state index in [9.17, 15) is 0 Å². The van der Waals surface area contributed by atoms with Crippen molar-refractivity contribution in [3.63, 3.8) is 0 Å². The summed E-state index contributed by atoms with van der Waals surface area (Å²) in [6.07, 6.45) is 7.72. The molecule has 0 bridgehead atoms. The van der Waals surface area contributed by atoms with E-state index < -0.39 is 0 Å². The largest absolute Gasteiger partial charge is 0.373 e. The summed E-state index contributed by atoms with van der Waals surface area (Å²) in [5, 5.41) is 3.72. The summed E-state index contributed by atoms with van der Waals surface area (Å²) < 4.78 is 5.79. The van der Waals surface area contributed by atoms with Crippen LogP contribution >= 0.6 is 0 Å². The van der Waals surface area contributed by atoms with Gasteiger partial charge in [-0.05, 0) is 33.2 Å². The van der Waals surface area contributed by atoms with E-state index in [0.29, 0.717) is 18.2 Å².